The molecule has 25 heavy (non-hydrogen) atoms. The summed E-state index contributed by atoms with van der Waals surface area (Å²) in [7, 11) is 0. The van der Waals surface area contributed by atoms with Gasteiger partial charge >= 0.3 is 0 Å². The van der Waals surface area contributed by atoms with Crippen LogP contribution in [-0.2, 0) is 4.79 Å². The van der Waals surface area contributed by atoms with E-state index in [9.17, 15) is 9.59 Å². The molecule has 0 saturated carbocycles. The molecule has 0 spiro atoms. The summed E-state index contributed by atoms with van der Waals surface area (Å²) in [6, 6.07) is 7.95. The summed E-state index contributed by atoms with van der Waals surface area (Å²) in [6.07, 6.45) is 2.38. The van der Waals surface area contributed by atoms with E-state index in [-0.39, 0.29) is 30.3 Å². The number of piperidine rings is 3. The lowest BCUT2D eigenvalue weighted by Crippen LogP contribution is -2.57. The van der Waals surface area contributed by atoms with Gasteiger partial charge in [0.15, 0.2) is 0 Å². The van der Waals surface area contributed by atoms with E-state index in [1.807, 2.05) is 24.3 Å². The van der Waals surface area contributed by atoms with E-state index in [1.54, 1.807) is 0 Å². The van der Waals surface area contributed by atoms with Gasteiger partial charge in [0.05, 0.1) is 4.88 Å². The molecule has 5 nitrogen and oxygen atoms in total. The van der Waals surface area contributed by atoms with Crippen LogP contribution in [0.4, 0.5) is 5.69 Å². The van der Waals surface area contributed by atoms with Crippen molar-refractivity contribution in [3.05, 3.63) is 29.1 Å². The minimum Gasteiger partial charge on any atom is -0.347 e. The van der Waals surface area contributed by atoms with Gasteiger partial charge in [-0.25, -0.2) is 0 Å². The van der Waals surface area contributed by atoms with Crippen molar-refractivity contribution in [3.63, 3.8) is 0 Å². The summed E-state index contributed by atoms with van der Waals surface area (Å²) in [5.74, 6) is 0.557. The van der Waals surface area contributed by atoms with Crippen LogP contribution in [0.2, 0.25) is 0 Å². The Bertz CT molecular complexity index is 799. The fraction of sp³-hybridized carbons (Fsp3) is 0.444. The standard InChI is InChI=1S/C18H21N3O2S.ClH/c1-11(22)19-14-3-2-13-8-17(24-16(13)9-14)18(23)20-15-10-21-6-4-12(15)5-7-21;/h2-3,8-9,12,15H,4-7,10H2,1H3,(H,19,22)(H,20,23);1H/t15-;/m0./s1. The van der Waals surface area contributed by atoms with E-state index in [0.717, 1.165) is 27.2 Å². The topological polar surface area (TPSA) is 61.4 Å². The van der Waals surface area contributed by atoms with Crippen molar-refractivity contribution in [1.82, 2.24) is 10.2 Å². The lowest BCUT2D eigenvalue weighted by molar-refractivity contribution is -0.114. The Hall–Kier alpha value is -1.63. The Kier molecular flexibility index (Phi) is 5.32. The van der Waals surface area contributed by atoms with Crippen LogP contribution in [0.5, 0.6) is 0 Å². The second kappa shape index (κ2) is 7.32. The van der Waals surface area contributed by atoms with E-state index in [0.29, 0.717) is 5.92 Å². The number of thiophene rings is 1. The molecule has 1 atom stereocenters. The third-order valence-electron chi connectivity index (χ3n) is 5.04. The Balaban J connectivity index is 0.00000182. The molecule has 0 radical (unpaired) electrons. The van der Waals surface area contributed by atoms with E-state index in [1.165, 1.54) is 44.2 Å². The van der Waals surface area contributed by atoms with Crippen LogP contribution in [0, 0.1) is 5.92 Å². The number of rotatable bonds is 3. The largest absolute Gasteiger partial charge is 0.347 e. The maximum absolute atomic E-state index is 12.6. The highest BCUT2D eigenvalue weighted by Crippen LogP contribution is 2.30. The quantitative estimate of drug-likeness (QED) is 0.861. The SMILES string of the molecule is CC(=O)Nc1ccc2cc(C(=O)N[C@H]3CN4CCC3CC4)sc2c1.Cl. The number of carbonyl (C=O) groups excluding carboxylic acids is 2. The Morgan fingerprint density at radius 1 is 1.20 bits per heavy atom. The number of amides is 2. The van der Waals surface area contributed by atoms with Crippen molar-refractivity contribution in [3.8, 4) is 0 Å². The number of anilines is 1. The number of halogens is 1. The molecule has 2 amide bonds. The first kappa shape index (κ1) is 18.2. The van der Waals surface area contributed by atoms with Gasteiger partial charge in [0, 0.05) is 29.9 Å². The molecule has 1 aromatic heterocycles. The van der Waals surface area contributed by atoms with Gasteiger partial charge in [-0.1, -0.05) is 6.07 Å². The Labute approximate surface area is 157 Å². The second-order valence-electron chi connectivity index (χ2n) is 6.76. The predicted molar refractivity (Wildman–Crippen MR) is 104 cm³/mol. The molecule has 2 N–H and O–H groups in total. The van der Waals surface area contributed by atoms with Gasteiger partial charge in [-0.15, -0.1) is 23.7 Å². The fourth-order valence-corrected chi connectivity index (χ4v) is 4.80. The van der Waals surface area contributed by atoms with Crippen LogP contribution in [0.3, 0.4) is 0 Å². The zero-order chi connectivity index (χ0) is 16.7. The van der Waals surface area contributed by atoms with Crippen molar-refractivity contribution in [2.24, 2.45) is 5.92 Å². The Morgan fingerprint density at radius 3 is 2.60 bits per heavy atom. The van der Waals surface area contributed by atoms with Gasteiger partial charge in [-0.3, -0.25) is 9.59 Å². The smallest absolute Gasteiger partial charge is 0.261 e. The van der Waals surface area contributed by atoms with Crippen molar-refractivity contribution in [2.75, 3.05) is 25.0 Å². The number of hydrogen-bond donors (Lipinski definition) is 2. The number of fused-ring (bicyclic) bond motifs is 4. The van der Waals surface area contributed by atoms with Crippen LogP contribution in [0.25, 0.3) is 10.1 Å². The fourth-order valence-electron chi connectivity index (χ4n) is 3.79. The van der Waals surface area contributed by atoms with Crippen molar-refractivity contribution in [2.45, 2.75) is 25.8 Å². The van der Waals surface area contributed by atoms with Gasteiger partial charge in [-0.2, -0.15) is 0 Å². The normalized spacial score (nSPS) is 24.6. The summed E-state index contributed by atoms with van der Waals surface area (Å²) in [6.45, 7) is 4.82. The van der Waals surface area contributed by atoms with Crippen LogP contribution in [0.15, 0.2) is 24.3 Å². The molecule has 134 valence electrons. The number of nitrogens with one attached hydrogen (secondary N) is 2. The highest BCUT2D eigenvalue weighted by Gasteiger charge is 2.35. The zero-order valence-electron chi connectivity index (χ0n) is 14.1. The Morgan fingerprint density at radius 2 is 1.96 bits per heavy atom. The van der Waals surface area contributed by atoms with Crippen LogP contribution < -0.4 is 10.6 Å². The second-order valence-corrected chi connectivity index (χ2v) is 7.85. The number of hydrogen-bond acceptors (Lipinski definition) is 4. The maximum Gasteiger partial charge on any atom is 0.261 e. The highest BCUT2D eigenvalue weighted by molar-refractivity contribution is 7.20. The van der Waals surface area contributed by atoms with E-state index < -0.39 is 0 Å². The molecule has 5 rings (SSSR count). The zero-order valence-corrected chi connectivity index (χ0v) is 15.7. The molecule has 2 bridgehead atoms. The molecule has 2 aromatic rings. The predicted octanol–water partition coefficient (Wildman–Crippen LogP) is 3.11. The average Bonchev–Trinajstić information content (AvgIpc) is 2.99. The molecule has 4 heterocycles. The number of benzene rings is 1. The molecule has 7 heteroatoms. The van der Waals surface area contributed by atoms with Gasteiger partial charge in [0.1, 0.15) is 0 Å². The first-order valence-electron chi connectivity index (χ1n) is 8.43. The summed E-state index contributed by atoms with van der Waals surface area (Å²) in [5.41, 5.74) is 0.765. The van der Waals surface area contributed by atoms with Crippen molar-refractivity contribution in [1.29, 1.82) is 0 Å². The van der Waals surface area contributed by atoms with Crippen LogP contribution in [0.1, 0.15) is 29.4 Å². The number of carbonyl (C=O) groups is 2. The van der Waals surface area contributed by atoms with Crippen molar-refractivity contribution < 1.29 is 9.59 Å². The van der Waals surface area contributed by atoms with Crippen LogP contribution in [-0.4, -0.2) is 42.4 Å². The first-order valence-corrected chi connectivity index (χ1v) is 9.24. The maximum atomic E-state index is 12.6. The minimum absolute atomic E-state index is 0. The van der Waals surface area contributed by atoms with Gasteiger partial charge < -0.3 is 15.5 Å². The van der Waals surface area contributed by atoms with Crippen molar-refractivity contribution >= 4 is 51.3 Å². The molecule has 1 aromatic carbocycles. The van der Waals surface area contributed by atoms with Gasteiger partial charge in [0.25, 0.3) is 5.91 Å². The summed E-state index contributed by atoms with van der Waals surface area (Å²) >= 11 is 1.48. The summed E-state index contributed by atoms with van der Waals surface area (Å²) < 4.78 is 1.01. The summed E-state index contributed by atoms with van der Waals surface area (Å²) in [4.78, 5) is 27.0. The molecule has 3 aliphatic heterocycles. The van der Waals surface area contributed by atoms with E-state index >= 15 is 0 Å². The third kappa shape index (κ3) is 3.81. The minimum atomic E-state index is -0.0915. The lowest BCUT2D eigenvalue weighted by Gasteiger charge is -2.44. The molecule has 3 aliphatic rings. The molecule has 0 unspecified atom stereocenters. The first-order chi connectivity index (χ1) is 11.6. The molecule has 3 fully saturated rings. The van der Waals surface area contributed by atoms with Crippen LogP contribution >= 0.6 is 23.7 Å². The molecular formula is C18H22ClN3O2S. The number of nitrogens with zero attached hydrogens (tertiary/aromatic N) is 1. The van der Waals surface area contributed by atoms with E-state index in [4.69, 9.17) is 0 Å². The molecule has 0 aliphatic carbocycles. The van der Waals surface area contributed by atoms with Gasteiger partial charge in [0.2, 0.25) is 5.91 Å². The monoisotopic (exact) mass is 379 g/mol. The highest BCUT2D eigenvalue weighted by atomic mass is 35.5. The van der Waals surface area contributed by atoms with Gasteiger partial charge in [-0.05, 0) is 55.4 Å². The summed E-state index contributed by atoms with van der Waals surface area (Å²) in [5, 5.41) is 7.05. The molecular weight excluding hydrogens is 358 g/mol. The molecule has 3 saturated heterocycles. The lowest BCUT2D eigenvalue weighted by atomic mass is 9.84. The average molecular weight is 380 g/mol. The third-order valence-corrected chi connectivity index (χ3v) is 6.13. The van der Waals surface area contributed by atoms with E-state index in [2.05, 4.69) is 15.5 Å².